The average molecular weight is 338 g/mol. The van der Waals surface area contributed by atoms with Crippen molar-refractivity contribution in [3.05, 3.63) is 63.0 Å². The largest absolute Gasteiger partial charge is 0.309 e. The summed E-state index contributed by atoms with van der Waals surface area (Å²) in [6, 6.07) is 10.6. The summed E-state index contributed by atoms with van der Waals surface area (Å²) in [7, 11) is 0. The molecule has 0 aliphatic carbocycles. The molecule has 0 unspecified atom stereocenters. The average Bonchev–Trinajstić information content (AvgIpc) is 2.34. The van der Waals surface area contributed by atoms with Gasteiger partial charge in [-0.3, -0.25) is 4.98 Å². The van der Waals surface area contributed by atoms with Gasteiger partial charge in [-0.1, -0.05) is 12.1 Å². The van der Waals surface area contributed by atoms with E-state index in [2.05, 4.69) is 64.1 Å². The predicted molar refractivity (Wildman–Crippen MR) is 78.7 cm³/mol. The maximum absolute atomic E-state index is 4.14. The van der Waals surface area contributed by atoms with Gasteiger partial charge in [0.25, 0.3) is 0 Å². The van der Waals surface area contributed by atoms with E-state index in [0.717, 1.165) is 13.1 Å². The van der Waals surface area contributed by atoms with Gasteiger partial charge >= 0.3 is 0 Å². The molecule has 2 nitrogen and oxygen atoms in total. The summed E-state index contributed by atoms with van der Waals surface area (Å²) >= 11 is 2.32. The first kappa shape index (κ1) is 12.5. The number of hydrogen-bond donors (Lipinski definition) is 1. The van der Waals surface area contributed by atoms with Gasteiger partial charge in [-0.2, -0.15) is 0 Å². The van der Waals surface area contributed by atoms with E-state index in [9.17, 15) is 0 Å². The number of nitrogens with zero attached hydrogens (tertiary/aromatic N) is 1. The number of rotatable bonds is 4. The molecule has 0 saturated heterocycles. The molecule has 2 rings (SSSR count). The van der Waals surface area contributed by atoms with E-state index in [0.29, 0.717) is 0 Å². The van der Waals surface area contributed by atoms with Crippen molar-refractivity contribution in [2.75, 3.05) is 0 Å². The van der Waals surface area contributed by atoms with Crippen molar-refractivity contribution < 1.29 is 0 Å². The molecule has 0 atom stereocenters. The van der Waals surface area contributed by atoms with E-state index in [1.807, 2.05) is 18.5 Å². The van der Waals surface area contributed by atoms with Crippen LogP contribution in [0.1, 0.15) is 16.7 Å². The molecule has 0 amide bonds. The van der Waals surface area contributed by atoms with Gasteiger partial charge in [0, 0.05) is 29.1 Å². The highest BCUT2D eigenvalue weighted by Gasteiger charge is 1.97. The third-order valence-electron chi connectivity index (χ3n) is 2.71. The quantitative estimate of drug-likeness (QED) is 0.866. The van der Waals surface area contributed by atoms with Crippen molar-refractivity contribution >= 4 is 22.6 Å². The van der Waals surface area contributed by atoms with E-state index in [1.165, 1.54) is 20.3 Å². The minimum atomic E-state index is 0.867. The second-order valence-corrected chi connectivity index (χ2v) is 5.28. The summed E-state index contributed by atoms with van der Waals surface area (Å²) in [5.41, 5.74) is 3.86. The SMILES string of the molecule is Cc1ccncc1CNCc1ccc(I)cc1. The van der Waals surface area contributed by atoms with Crippen LogP contribution in [0.5, 0.6) is 0 Å². The molecule has 0 saturated carbocycles. The molecule has 0 radical (unpaired) electrons. The van der Waals surface area contributed by atoms with Crippen LogP contribution in [0.15, 0.2) is 42.7 Å². The summed E-state index contributed by atoms with van der Waals surface area (Å²) in [5, 5.41) is 3.44. The molecule has 0 aliphatic heterocycles. The molecular formula is C14H15IN2. The van der Waals surface area contributed by atoms with E-state index < -0.39 is 0 Å². The fraction of sp³-hybridized carbons (Fsp3) is 0.214. The molecule has 0 spiro atoms. The lowest BCUT2D eigenvalue weighted by Crippen LogP contribution is -2.13. The third-order valence-corrected chi connectivity index (χ3v) is 3.42. The van der Waals surface area contributed by atoms with Crippen LogP contribution in [0.3, 0.4) is 0 Å². The molecule has 3 heteroatoms. The van der Waals surface area contributed by atoms with Crippen LogP contribution in [0.2, 0.25) is 0 Å². The summed E-state index contributed by atoms with van der Waals surface area (Å²) < 4.78 is 1.27. The number of aryl methyl sites for hydroxylation is 1. The molecule has 1 aromatic heterocycles. The van der Waals surface area contributed by atoms with E-state index >= 15 is 0 Å². The van der Waals surface area contributed by atoms with Crippen molar-refractivity contribution in [3.63, 3.8) is 0 Å². The van der Waals surface area contributed by atoms with Crippen molar-refractivity contribution in [2.45, 2.75) is 20.0 Å². The Bertz CT molecular complexity index is 480. The summed E-state index contributed by atoms with van der Waals surface area (Å²) in [4.78, 5) is 4.14. The monoisotopic (exact) mass is 338 g/mol. The Morgan fingerprint density at radius 3 is 2.59 bits per heavy atom. The second kappa shape index (κ2) is 6.12. The van der Waals surface area contributed by atoms with Gasteiger partial charge in [-0.25, -0.2) is 0 Å². The van der Waals surface area contributed by atoms with Crippen LogP contribution < -0.4 is 5.32 Å². The number of aromatic nitrogens is 1. The van der Waals surface area contributed by atoms with Gasteiger partial charge in [0.15, 0.2) is 0 Å². The first-order valence-electron chi connectivity index (χ1n) is 5.60. The Morgan fingerprint density at radius 1 is 1.12 bits per heavy atom. The number of benzene rings is 1. The number of halogens is 1. The van der Waals surface area contributed by atoms with Gasteiger partial charge < -0.3 is 5.32 Å². The zero-order valence-electron chi connectivity index (χ0n) is 9.78. The molecule has 1 aromatic carbocycles. The lowest BCUT2D eigenvalue weighted by Gasteiger charge is -2.07. The Morgan fingerprint density at radius 2 is 1.88 bits per heavy atom. The Balaban J connectivity index is 1.88. The molecule has 1 N–H and O–H groups in total. The first-order valence-corrected chi connectivity index (χ1v) is 6.68. The molecular weight excluding hydrogens is 323 g/mol. The molecule has 0 bridgehead atoms. The number of hydrogen-bond acceptors (Lipinski definition) is 2. The van der Waals surface area contributed by atoms with Gasteiger partial charge in [-0.15, -0.1) is 0 Å². The highest BCUT2D eigenvalue weighted by Crippen LogP contribution is 2.08. The Hall–Kier alpha value is -0.940. The molecule has 2 aromatic rings. The minimum absolute atomic E-state index is 0.867. The molecule has 0 fully saturated rings. The second-order valence-electron chi connectivity index (χ2n) is 4.03. The van der Waals surface area contributed by atoms with E-state index in [-0.39, 0.29) is 0 Å². The fourth-order valence-electron chi connectivity index (χ4n) is 1.63. The summed E-state index contributed by atoms with van der Waals surface area (Å²) in [6.07, 6.45) is 3.76. The van der Waals surface area contributed by atoms with Gasteiger partial charge in [-0.05, 0) is 64.4 Å². The van der Waals surface area contributed by atoms with Crippen LogP contribution >= 0.6 is 22.6 Å². The lowest BCUT2D eigenvalue weighted by molar-refractivity contribution is 0.688. The van der Waals surface area contributed by atoms with Crippen LogP contribution in [0.25, 0.3) is 0 Å². The van der Waals surface area contributed by atoms with Gasteiger partial charge in [0.1, 0.15) is 0 Å². The highest BCUT2D eigenvalue weighted by molar-refractivity contribution is 14.1. The molecule has 88 valence electrons. The maximum atomic E-state index is 4.14. The normalized spacial score (nSPS) is 10.5. The topological polar surface area (TPSA) is 24.9 Å². The maximum Gasteiger partial charge on any atom is 0.0315 e. The van der Waals surface area contributed by atoms with Crippen molar-refractivity contribution in [3.8, 4) is 0 Å². The highest BCUT2D eigenvalue weighted by atomic mass is 127. The summed E-state index contributed by atoms with van der Waals surface area (Å²) in [5.74, 6) is 0. The predicted octanol–water partition coefficient (Wildman–Crippen LogP) is 3.28. The van der Waals surface area contributed by atoms with Crippen molar-refractivity contribution in [1.29, 1.82) is 0 Å². The number of pyridine rings is 1. The van der Waals surface area contributed by atoms with Crippen LogP contribution in [-0.4, -0.2) is 4.98 Å². The smallest absolute Gasteiger partial charge is 0.0315 e. The zero-order valence-corrected chi connectivity index (χ0v) is 11.9. The van der Waals surface area contributed by atoms with Crippen molar-refractivity contribution in [1.82, 2.24) is 10.3 Å². The lowest BCUT2D eigenvalue weighted by atomic mass is 10.1. The zero-order chi connectivity index (χ0) is 12.1. The first-order chi connectivity index (χ1) is 8.25. The fourth-order valence-corrected chi connectivity index (χ4v) is 1.99. The minimum Gasteiger partial charge on any atom is -0.309 e. The standard InChI is InChI=1S/C14H15IN2/c1-11-6-7-16-9-13(11)10-17-8-12-2-4-14(15)5-3-12/h2-7,9,17H,8,10H2,1H3. The Labute approximate surface area is 116 Å². The number of nitrogens with one attached hydrogen (secondary N) is 1. The third kappa shape index (κ3) is 3.78. The van der Waals surface area contributed by atoms with E-state index in [4.69, 9.17) is 0 Å². The molecule has 0 aliphatic rings. The van der Waals surface area contributed by atoms with Gasteiger partial charge in [0.05, 0.1) is 0 Å². The summed E-state index contributed by atoms with van der Waals surface area (Å²) in [6.45, 7) is 3.88. The molecule has 17 heavy (non-hydrogen) atoms. The van der Waals surface area contributed by atoms with Crippen LogP contribution in [0, 0.1) is 10.5 Å². The van der Waals surface area contributed by atoms with Crippen LogP contribution in [-0.2, 0) is 13.1 Å². The van der Waals surface area contributed by atoms with Crippen LogP contribution in [0.4, 0.5) is 0 Å². The van der Waals surface area contributed by atoms with Gasteiger partial charge in [0.2, 0.25) is 0 Å². The Kier molecular flexibility index (Phi) is 4.50. The van der Waals surface area contributed by atoms with E-state index in [1.54, 1.807) is 0 Å². The molecule has 1 heterocycles. The van der Waals surface area contributed by atoms with Crippen molar-refractivity contribution in [2.24, 2.45) is 0 Å².